The second-order valence-corrected chi connectivity index (χ2v) is 6.87. The van der Waals surface area contributed by atoms with Crippen LogP contribution in [0.1, 0.15) is 19.0 Å². The Bertz CT molecular complexity index is 1060. The van der Waals surface area contributed by atoms with Crippen LogP contribution in [0.5, 0.6) is 5.75 Å². The number of anilines is 1. The minimum Gasteiger partial charge on any atom is -0.406 e. The highest BCUT2D eigenvalue weighted by Crippen LogP contribution is 2.24. The van der Waals surface area contributed by atoms with Crippen LogP contribution in [0.25, 0.3) is 5.78 Å². The number of fused-ring (bicyclic) bond motifs is 1. The van der Waals surface area contributed by atoms with Gasteiger partial charge in [-0.1, -0.05) is 25.1 Å². The van der Waals surface area contributed by atoms with Gasteiger partial charge in [-0.3, -0.25) is 19.0 Å². The second-order valence-electron chi connectivity index (χ2n) is 5.93. The number of aryl methyl sites for hydroxylation is 1. The zero-order valence-corrected chi connectivity index (χ0v) is 15.9. The molecule has 3 rings (SSSR count). The first-order valence-electron chi connectivity index (χ1n) is 8.51. The standard InChI is InChI=1S/C17H16F3N5O3S/c1-2-3-11-8-13(26)22-15-23-24-16(25(11)15)29-9-14(27)21-10-4-6-12(7-5-10)28-17(18,19)20/h4-8H,2-3,9H2,1H3,(H,21,27)(H,22,23,26). The number of carbonyl (C=O) groups excluding carboxylic acids is 1. The zero-order valence-electron chi connectivity index (χ0n) is 15.1. The number of aromatic nitrogens is 4. The summed E-state index contributed by atoms with van der Waals surface area (Å²) in [6, 6.07) is 6.29. The van der Waals surface area contributed by atoms with Crippen molar-refractivity contribution < 1.29 is 22.7 Å². The molecule has 0 radical (unpaired) electrons. The maximum atomic E-state index is 12.2. The molecule has 1 aromatic carbocycles. The molecule has 0 spiro atoms. The highest BCUT2D eigenvalue weighted by molar-refractivity contribution is 7.99. The normalized spacial score (nSPS) is 11.6. The Morgan fingerprint density at radius 1 is 1.28 bits per heavy atom. The number of carbonyl (C=O) groups is 1. The highest BCUT2D eigenvalue weighted by Gasteiger charge is 2.30. The average Bonchev–Trinajstić information content (AvgIpc) is 3.03. The molecule has 154 valence electrons. The number of aromatic amines is 1. The molecule has 2 N–H and O–H groups in total. The minimum absolute atomic E-state index is 0.00765. The third kappa shape index (κ3) is 5.50. The first kappa shape index (κ1) is 20.7. The van der Waals surface area contributed by atoms with Crippen LogP contribution >= 0.6 is 11.8 Å². The fourth-order valence-corrected chi connectivity index (χ4v) is 3.34. The van der Waals surface area contributed by atoms with Crippen LogP contribution in [0, 0.1) is 0 Å². The monoisotopic (exact) mass is 427 g/mol. The molecular formula is C17H16F3N5O3S. The number of amides is 1. The van der Waals surface area contributed by atoms with Gasteiger partial charge in [-0.2, -0.15) is 0 Å². The number of nitrogens with zero attached hydrogens (tertiary/aromatic N) is 3. The van der Waals surface area contributed by atoms with Gasteiger partial charge in [-0.25, -0.2) is 0 Å². The molecule has 1 amide bonds. The van der Waals surface area contributed by atoms with Gasteiger partial charge in [0.2, 0.25) is 11.7 Å². The summed E-state index contributed by atoms with van der Waals surface area (Å²) in [7, 11) is 0. The summed E-state index contributed by atoms with van der Waals surface area (Å²) in [5, 5.41) is 11.0. The van der Waals surface area contributed by atoms with E-state index in [0.717, 1.165) is 36.0 Å². The van der Waals surface area contributed by atoms with Gasteiger partial charge in [0.25, 0.3) is 5.56 Å². The molecule has 2 aromatic heterocycles. The van der Waals surface area contributed by atoms with Crippen LogP contribution in [0.3, 0.4) is 0 Å². The molecule has 0 aliphatic heterocycles. The number of hydrogen-bond acceptors (Lipinski definition) is 6. The van der Waals surface area contributed by atoms with Crippen molar-refractivity contribution in [1.82, 2.24) is 19.6 Å². The molecule has 0 unspecified atom stereocenters. The maximum Gasteiger partial charge on any atom is 0.573 e. The van der Waals surface area contributed by atoms with Gasteiger partial charge in [-0.15, -0.1) is 23.4 Å². The average molecular weight is 427 g/mol. The summed E-state index contributed by atoms with van der Waals surface area (Å²) >= 11 is 1.12. The van der Waals surface area contributed by atoms with Crippen molar-refractivity contribution in [2.24, 2.45) is 0 Å². The first-order valence-corrected chi connectivity index (χ1v) is 9.49. The van der Waals surface area contributed by atoms with E-state index in [1.54, 1.807) is 4.40 Å². The molecule has 2 heterocycles. The lowest BCUT2D eigenvalue weighted by Crippen LogP contribution is -2.17. The van der Waals surface area contributed by atoms with Crippen LogP contribution in [0.4, 0.5) is 18.9 Å². The number of H-pyrrole nitrogens is 1. The Labute approximate surface area is 166 Å². The van der Waals surface area contributed by atoms with Gasteiger partial charge >= 0.3 is 6.36 Å². The lowest BCUT2D eigenvalue weighted by Gasteiger charge is -2.10. The number of alkyl halides is 3. The third-order valence-electron chi connectivity index (χ3n) is 3.66. The summed E-state index contributed by atoms with van der Waals surface area (Å²) in [5.41, 5.74) is 0.784. The van der Waals surface area contributed by atoms with Gasteiger partial charge in [0, 0.05) is 17.4 Å². The Hall–Kier alpha value is -3.02. The molecule has 0 aliphatic carbocycles. The Kier molecular flexibility index (Phi) is 6.11. The molecular weight excluding hydrogens is 411 g/mol. The van der Waals surface area contributed by atoms with Crippen molar-refractivity contribution in [2.75, 3.05) is 11.1 Å². The molecule has 3 aromatic rings. The largest absolute Gasteiger partial charge is 0.573 e. The molecule has 0 fully saturated rings. The molecule has 12 heteroatoms. The van der Waals surface area contributed by atoms with E-state index in [4.69, 9.17) is 0 Å². The Morgan fingerprint density at radius 3 is 2.66 bits per heavy atom. The number of nitrogens with one attached hydrogen (secondary N) is 2. The van der Waals surface area contributed by atoms with E-state index in [1.165, 1.54) is 18.2 Å². The number of ether oxygens (including phenoxy) is 1. The van der Waals surface area contributed by atoms with E-state index in [1.807, 2.05) is 6.92 Å². The molecule has 29 heavy (non-hydrogen) atoms. The van der Waals surface area contributed by atoms with Crippen LogP contribution in [-0.2, 0) is 11.2 Å². The van der Waals surface area contributed by atoms with Crippen molar-refractivity contribution in [2.45, 2.75) is 31.3 Å². The highest BCUT2D eigenvalue weighted by atomic mass is 32.2. The predicted molar refractivity (Wildman–Crippen MR) is 100 cm³/mol. The number of rotatable bonds is 7. The lowest BCUT2D eigenvalue weighted by molar-refractivity contribution is -0.274. The van der Waals surface area contributed by atoms with Gasteiger partial charge in [-0.05, 0) is 30.7 Å². The fraction of sp³-hybridized carbons (Fsp3) is 0.294. The second kappa shape index (κ2) is 8.55. The lowest BCUT2D eigenvalue weighted by atomic mass is 10.2. The fourth-order valence-electron chi connectivity index (χ4n) is 2.57. The van der Waals surface area contributed by atoms with Gasteiger partial charge < -0.3 is 10.1 Å². The molecule has 0 saturated carbocycles. The van der Waals surface area contributed by atoms with Gasteiger partial charge in [0.15, 0.2) is 5.16 Å². The summed E-state index contributed by atoms with van der Waals surface area (Å²) in [5.74, 6) is -0.467. The van der Waals surface area contributed by atoms with Crippen molar-refractivity contribution in [3.63, 3.8) is 0 Å². The number of thioether (sulfide) groups is 1. The van der Waals surface area contributed by atoms with Crippen LogP contribution in [0.15, 0.2) is 40.3 Å². The molecule has 0 aliphatic rings. The summed E-state index contributed by atoms with van der Waals surface area (Å²) in [6.07, 6.45) is -3.32. The maximum absolute atomic E-state index is 12.2. The van der Waals surface area contributed by atoms with E-state index in [-0.39, 0.29) is 23.0 Å². The van der Waals surface area contributed by atoms with E-state index in [2.05, 4.69) is 25.2 Å². The molecule has 0 bridgehead atoms. The van der Waals surface area contributed by atoms with Crippen molar-refractivity contribution in [3.05, 3.63) is 46.4 Å². The van der Waals surface area contributed by atoms with Crippen LogP contribution < -0.4 is 15.6 Å². The van der Waals surface area contributed by atoms with Gasteiger partial charge in [0.1, 0.15) is 5.75 Å². The molecule has 0 saturated heterocycles. The summed E-state index contributed by atoms with van der Waals surface area (Å²) in [6.45, 7) is 1.97. The quantitative estimate of drug-likeness (QED) is 0.562. The van der Waals surface area contributed by atoms with Crippen molar-refractivity contribution in [3.8, 4) is 5.75 Å². The number of benzene rings is 1. The molecule has 0 atom stereocenters. The van der Waals surface area contributed by atoms with Crippen molar-refractivity contribution >= 4 is 29.1 Å². The Balaban J connectivity index is 1.64. The van der Waals surface area contributed by atoms with E-state index in [0.29, 0.717) is 23.0 Å². The van der Waals surface area contributed by atoms with E-state index < -0.39 is 6.36 Å². The summed E-state index contributed by atoms with van der Waals surface area (Å²) < 4.78 is 42.0. The third-order valence-corrected chi connectivity index (χ3v) is 4.59. The van der Waals surface area contributed by atoms with E-state index >= 15 is 0 Å². The predicted octanol–water partition coefficient (Wildman–Crippen LogP) is 3.00. The van der Waals surface area contributed by atoms with Crippen LogP contribution in [-0.4, -0.2) is 37.6 Å². The summed E-state index contributed by atoms with van der Waals surface area (Å²) in [4.78, 5) is 26.4. The minimum atomic E-state index is -4.77. The Morgan fingerprint density at radius 2 is 2.00 bits per heavy atom. The van der Waals surface area contributed by atoms with Crippen LogP contribution in [0.2, 0.25) is 0 Å². The smallest absolute Gasteiger partial charge is 0.406 e. The number of halogens is 3. The molecule has 8 nitrogen and oxygen atoms in total. The first-order chi connectivity index (χ1) is 13.7. The van der Waals surface area contributed by atoms with E-state index in [9.17, 15) is 22.8 Å². The number of hydrogen-bond donors (Lipinski definition) is 2. The zero-order chi connectivity index (χ0) is 21.0. The topological polar surface area (TPSA) is 101 Å². The van der Waals surface area contributed by atoms with Gasteiger partial charge in [0.05, 0.1) is 5.75 Å². The SMILES string of the molecule is CCCc1cc(=O)[nH]c2nnc(SCC(=O)Nc3ccc(OC(F)(F)F)cc3)n12. The van der Waals surface area contributed by atoms with Crippen molar-refractivity contribution in [1.29, 1.82) is 0 Å².